The van der Waals surface area contributed by atoms with E-state index in [1.165, 1.54) is 25.2 Å². The molecule has 0 aliphatic heterocycles. The van der Waals surface area contributed by atoms with Crippen molar-refractivity contribution in [3.05, 3.63) is 17.0 Å². The highest BCUT2D eigenvalue weighted by molar-refractivity contribution is 7.14. The molecule has 1 heterocycles. The first-order valence-corrected chi connectivity index (χ1v) is 5.32. The van der Waals surface area contributed by atoms with E-state index >= 15 is 0 Å². The molecular weight excluding hydrogens is 214 g/mol. The summed E-state index contributed by atoms with van der Waals surface area (Å²) >= 11 is 1.38. The maximum absolute atomic E-state index is 11.6. The van der Waals surface area contributed by atoms with Gasteiger partial charge in [0.15, 0.2) is 0 Å². The molecule has 0 radical (unpaired) electrons. The van der Waals surface area contributed by atoms with Crippen LogP contribution in [0.4, 0.5) is 5.00 Å². The normalized spacial score (nSPS) is 11.1. The lowest BCUT2D eigenvalue weighted by Gasteiger charge is -2.17. The summed E-state index contributed by atoms with van der Waals surface area (Å²) in [5.41, 5.74) is -0.467. The fourth-order valence-corrected chi connectivity index (χ4v) is 1.67. The predicted molar refractivity (Wildman–Crippen MR) is 59.1 cm³/mol. The zero-order valence-electron chi connectivity index (χ0n) is 8.83. The Morgan fingerprint density at radius 2 is 2.07 bits per heavy atom. The number of carboxylic acids is 1. The number of aliphatic carboxylic acids is 1. The van der Waals surface area contributed by atoms with Crippen LogP contribution in [-0.4, -0.2) is 17.0 Å². The Balaban J connectivity index is 2.81. The summed E-state index contributed by atoms with van der Waals surface area (Å²) in [5.74, 6) is -1.63. The van der Waals surface area contributed by atoms with Gasteiger partial charge in [-0.25, -0.2) is 0 Å². The second-order valence-electron chi connectivity index (χ2n) is 3.82. The molecule has 0 atom stereocenters. The number of carbonyl (C=O) groups is 2. The van der Waals surface area contributed by atoms with E-state index in [9.17, 15) is 9.59 Å². The average Bonchev–Trinajstić information content (AvgIpc) is 2.51. The van der Waals surface area contributed by atoms with Gasteiger partial charge in [-0.15, -0.1) is 11.3 Å². The zero-order chi connectivity index (χ0) is 11.6. The van der Waals surface area contributed by atoms with Crippen LogP contribution in [0.15, 0.2) is 11.4 Å². The van der Waals surface area contributed by atoms with Crippen molar-refractivity contribution in [2.75, 3.05) is 5.32 Å². The molecule has 82 valence electrons. The highest BCUT2D eigenvalue weighted by atomic mass is 32.1. The molecule has 0 aliphatic rings. The van der Waals surface area contributed by atoms with Gasteiger partial charge in [-0.1, -0.05) is 0 Å². The number of aryl methyl sites for hydroxylation is 1. The maximum Gasteiger partial charge on any atom is 0.318 e. The molecule has 2 N–H and O–H groups in total. The van der Waals surface area contributed by atoms with Crippen molar-refractivity contribution in [3.63, 3.8) is 0 Å². The Morgan fingerprint density at radius 1 is 1.47 bits per heavy atom. The summed E-state index contributed by atoms with van der Waals surface area (Å²) in [7, 11) is 0. The molecule has 15 heavy (non-hydrogen) atoms. The smallest absolute Gasteiger partial charge is 0.318 e. The molecule has 1 aromatic rings. The monoisotopic (exact) mass is 227 g/mol. The Labute approximate surface area is 91.9 Å². The van der Waals surface area contributed by atoms with Gasteiger partial charge in [-0.2, -0.15) is 0 Å². The molecule has 0 spiro atoms. The van der Waals surface area contributed by atoms with Crippen molar-refractivity contribution in [3.8, 4) is 0 Å². The zero-order valence-corrected chi connectivity index (χ0v) is 9.64. The number of rotatable bonds is 3. The molecule has 1 aromatic heterocycles. The fraction of sp³-hybridized carbons (Fsp3) is 0.400. The molecule has 0 aliphatic carbocycles. The maximum atomic E-state index is 11.6. The van der Waals surface area contributed by atoms with E-state index in [0.29, 0.717) is 5.00 Å². The van der Waals surface area contributed by atoms with Gasteiger partial charge in [0.1, 0.15) is 5.41 Å². The Bertz CT molecular complexity index is 395. The van der Waals surface area contributed by atoms with E-state index in [1.54, 1.807) is 0 Å². The van der Waals surface area contributed by atoms with E-state index in [0.717, 1.165) is 5.56 Å². The second kappa shape index (κ2) is 4.02. The van der Waals surface area contributed by atoms with Crippen LogP contribution in [0.3, 0.4) is 0 Å². The van der Waals surface area contributed by atoms with Gasteiger partial charge < -0.3 is 10.4 Å². The molecular formula is C10H13NO3S. The van der Waals surface area contributed by atoms with Gasteiger partial charge >= 0.3 is 5.97 Å². The van der Waals surface area contributed by atoms with Crippen LogP contribution in [0.25, 0.3) is 0 Å². The Morgan fingerprint density at radius 3 is 2.47 bits per heavy atom. The van der Waals surface area contributed by atoms with Crippen LogP contribution in [-0.2, 0) is 9.59 Å². The van der Waals surface area contributed by atoms with Crippen molar-refractivity contribution in [2.45, 2.75) is 20.8 Å². The Hall–Kier alpha value is -1.36. The van der Waals surface area contributed by atoms with Crippen molar-refractivity contribution in [1.29, 1.82) is 0 Å². The lowest BCUT2D eigenvalue weighted by molar-refractivity contribution is -0.151. The summed E-state index contributed by atoms with van der Waals surface area (Å²) in [5, 5.41) is 14.0. The van der Waals surface area contributed by atoms with Gasteiger partial charge in [-0.05, 0) is 37.8 Å². The molecule has 4 nitrogen and oxygen atoms in total. The summed E-state index contributed by atoms with van der Waals surface area (Å²) in [6, 6.07) is 1.87. The predicted octanol–water partition coefficient (Wildman–Crippen LogP) is 2.11. The van der Waals surface area contributed by atoms with Crippen LogP contribution < -0.4 is 5.32 Å². The molecule has 0 unspecified atom stereocenters. The first-order chi connectivity index (χ1) is 6.85. The Kier molecular flexibility index (Phi) is 3.14. The van der Waals surface area contributed by atoms with Crippen LogP contribution in [0, 0.1) is 12.3 Å². The van der Waals surface area contributed by atoms with Crippen molar-refractivity contribution in [1.82, 2.24) is 0 Å². The minimum Gasteiger partial charge on any atom is -0.480 e. The minimum atomic E-state index is -1.41. The topological polar surface area (TPSA) is 66.4 Å². The van der Waals surface area contributed by atoms with Crippen molar-refractivity contribution in [2.24, 2.45) is 5.41 Å². The lowest BCUT2D eigenvalue weighted by Crippen LogP contribution is -2.37. The van der Waals surface area contributed by atoms with Crippen molar-refractivity contribution >= 4 is 28.2 Å². The molecule has 1 amide bonds. The van der Waals surface area contributed by atoms with Gasteiger partial charge in [0.25, 0.3) is 0 Å². The molecule has 0 saturated carbocycles. The van der Waals surface area contributed by atoms with Crippen LogP contribution in [0.1, 0.15) is 19.4 Å². The van der Waals surface area contributed by atoms with E-state index in [4.69, 9.17) is 5.11 Å². The number of nitrogens with one attached hydrogen (secondary N) is 1. The van der Waals surface area contributed by atoms with E-state index in [1.807, 2.05) is 18.4 Å². The summed E-state index contributed by atoms with van der Waals surface area (Å²) in [6.45, 7) is 4.63. The standard InChI is InChI=1S/C10H13NO3S/c1-6-4-5-15-7(6)11-8(12)10(2,3)9(13)14/h4-5H,1-3H3,(H,11,12)(H,13,14). The lowest BCUT2D eigenvalue weighted by atomic mass is 9.93. The third-order valence-electron chi connectivity index (χ3n) is 2.19. The summed E-state index contributed by atoms with van der Waals surface area (Å²) < 4.78 is 0. The van der Waals surface area contributed by atoms with Gasteiger partial charge in [0, 0.05) is 0 Å². The highest BCUT2D eigenvalue weighted by Crippen LogP contribution is 2.25. The number of carboxylic acid groups (broad SMARTS) is 1. The minimum absolute atomic E-state index is 0.499. The molecule has 0 bridgehead atoms. The van der Waals surface area contributed by atoms with E-state index in [-0.39, 0.29) is 0 Å². The van der Waals surface area contributed by atoms with Gasteiger partial charge in [-0.3, -0.25) is 9.59 Å². The van der Waals surface area contributed by atoms with Gasteiger partial charge in [0.05, 0.1) is 5.00 Å². The number of amides is 1. The van der Waals surface area contributed by atoms with Crippen LogP contribution >= 0.6 is 11.3 Å². The van der Waals surface area contributed by atoms with Gasteiger partial charge in [0.2, 0.25) is 5.91 Å². The van der Waals surface area contributed by atoms with Crippen LogP contribution in [0.2, 0.25) is 0 Å². The third-order valence-corrected chi connectivity index (χ3v) is 3.12. The second-order valence-corrected chi connectivity index (χ2v) is 4.73. The largest absolute Gasteiger partial charge is 0.480 e. The quantitative estimate of drug-likeness (QED) is 0.777. The average molecular weight is 227 g/mol. The highest BCUT2D eigenvalue weighted by Gasteiger charge is 2.36. The van der Waals surface area contributed by atoms with E-state index in [2.05, 4.69) is 5.32 Å². The molecule has 5 heteroatoms. The third kappa shape index (κ3) is 2.36. The van der Waals surface area contributed by atoms with E-state index < -0.39 is 17.3 Å². The first kappa shape index (κ1) is 11.7. The van der Waals surface area contributed by atoms with Crippen molar-refractivity contribution < 1.29 is 14.7 Å². The molecule has 0 aromatic carbocycles. The summed E-state index contributed by atoms with van der Waals surface area (Å²) in [6.07, 6.45) is 0. The number of anilines is 1. The number of carbonyl (C=O) groups excluding carboxylic acids is 1. The summed E-state index contributed by atoms with van der Waals surface area (Å²) in [4.78, 5) is 22.5. The fourth-order valence-electron chi connectivity index (χ4n) is 0.857. The molecule has 0 fully saturated rings. The molecule has 0 saturated heterocycles. The number of hydrogen-bond donors (Lipinski definition) is 2. The first-order valence-electron chi connectivity index (χ1n) is 4.44. The van der Waals surface area contributed by atoms with Crippen LogP contribution in [0.5, 0.6) is 0 Å². The number of hydrogen-bond acceptors (Lipinski definition) is 3. The molecule has 1 rings (SSSR count). The SMILES string of the molecule is Cc1ccsc1NC(=O)C(C)(C)C(=O)O. The number of thiophene rings is 1.